The fourth-order valence-electron chi connectivity index (χ4n) is 6.37. The summed E-state index contributed by atoms with van der Waals surface area (Å²) in [6.45, 7) is 6.01. The second-order valence-corrected chi connectivity index (χ2v) is 12.6. The number of hydrogen-bond acceptors (Lipinski definition) is 6. The van der Waals surface area contributed by atoms with Crippen LogP contribution in [0, 0.1) is 0 Å². The van der Waals surface area contributed by atoms with Crippen LogP contribution in [0.1, 0.15) is 117 Å². The molecule has 0 spiro atoms. The fourth-order valence-corrected chi connectivity index (χ4v) is 6.37. The number of nitrogens with two attached hydrogens (primary N) is 5. The second kappa shape index (κ2) is 18.7. The number of guanidine groups is 3. The molecule has 6 amide bonds. The highest BCUT2D eigenvalue weighted by atomic mass is 16.2. The van der Waals surface area contributed by atoms with Crippen LogP contribution in [-0.4, -0.2) is 68.3 Å². The molecule has 0 bridgehead atoms. The molecular weight excluding hydrogens is 738 g/mol. The first-order valence-corrected chi connectivity index (χ1v) is 17.8. The van der Waals surface area contributed by atoms with E-state index in [1.807, 2.05) is 20.8 Å². The summed E-state index contributed by atoms with van der Waals surface area (Å²) >= 11 is 0. The SMILES string of the molecule is CCc1c(CNC(=O)c2ccc(C(=O)N=C(N)N)[nH]2)c(CC)c(CNC(=O)c2ccc(C(=O)[NH+]=C(N)[NH3+])[nH]2)c(CC)c1CNC(=O)c1ccc(C(=O)[NH+]=C(N)N)[nH]1. The zero-order valence-corrected chi connectivity index (χ0v) is 31.7. The molecule has 0 unspecified atom stereocenters. The van der Waals surface area contributed by atoms with E-state index in [2.05, 4.69) is 51.6 Å². The van der Waals surface area contributed by atoms with Crippen molar-refractivity contribution in [2.24, 2.45) is 33.7 Å². The molecular formula is C36H48N15O6+3. The molecule has 4 rings (SSSR count). The molecule has 0 atom stereocenters. The largest absolute Gasteiger partial charge is 0.442 e. The number of rotatable bonds is 15. The average molecular weight is 787 g/mol. The number of benzene rings is 1. The van der Waals surface area contributed by atoms with Crippen molar-refractivity contribution in [2.45, 2.75) is 59.7 Å². The number of H-pyrrole nitrogens is 3. The predicted molar refractivity (Wildman–Crippen MR) is 207 cm³/mol. The van der Waals surface area contributed by atoms with Crippen LogP contribution in [-0.2, 0) is 38.9 Å². The van der Waals surface area contributed by atoms with Crippen molar-refractivity contribution in [3.8, 4) is 0 Å². The van der Waals surface area contributed by atoms with Gasteiger partial charge in [0.05, 0.1) is 0 Å². The third-order valence-corrected chi connectivity index (χ3v) is 8.80. The van der Waals surface area contributed by atoms with Gasteiger partial charge in [-0.15, -0.1) is 0 Å². The van der Waals surface area contributed by atoms with Crippen LogP contribution in [0.4, 0.5) is 0 Å². The van der Waals surface area contributed by atoms with Gasteiger partial charge < -0.3 is 42.4 Å². The van der Waals surface area contributed by atoms with E-state index < -0.39 is 41.4 Å². The highest BCUT2D eigenvalue weighted by Gasteiger charge is 2.24. The van der Waals surface area contributed by atoms with Crippen molar-refractivity contribution in [2.75, 3.05) is 0 Å². The highest BCUT2D eigenvalue weighted by Crippen LogP contribution is 2.31. The lowest BCUT2D eigenvalue weighted by Crippen LogP contribution is -2.91. The number of nitrogens with zero attached hydrogens (tertiary/aromatic N) is 1. The first kappa shape index (κ1) is 42.2. The van der Waals surface area contributed by atoms with E-state index >= 15 is 0 Å². The Morgan fingerprint density at radius 3 is 1.21 bits per heavy atom. The highest BCUT2D eigenvalue weighted by molar-refractivity contribution is 6.02. The van der Waals surface area contributed by atoms with Gasteiger partial charge in [-0.25, -0.2) is 20.3 Å². The van der Waals surface area contributed by atoms with Crippen LogP contribution in [0.2, 0.25) is 0 Å². The van der Waals surface area contributed by atoms with Crippen LogP contribution < -0.4 is 60.3 Å². The minimum Gasteiger partial charge on any atom is -0.370 e. The lowest BCUT2D eigenvalue weighted by atomic mass is 9.83. The monoisotopic (exact) mass is 786 g/mol. The second-order valence-electron chi connectivity index (χ2n) is 12.6. The summed E-state index contributed by atoms with van der Waals surface area (Å²) < 4.78 is 0. The molecule has 300 valence electrons. The molecule has 0 aliphatic heterocycles. The molecule has 3 heterocycles. The standard InChI is InChI=1S/C36H45N15O6/c1-4-16-19(13-43-28(52)22-7-10-25(46-22)31(55)49-34(37)38)17(5-2)21(15-45-30(54)24-9-12-27(48-24)33(57)51-36(41)42)18(6-3)20(16)14-44-29(53)23-8-11-26(47-23)32(56)50-35(39)40/h7-12,46-48H,4-6,13-15H2,1-3H3,(H,43,52)(H,44,53)(H,45,54)(H4,37,38,49,55)(H4,39,40,50,56)(H4,41,42,51,57)/p+3. The Morgan fingerprint density at radius 2 is 0.877 bits per heavy atom. The Labute approximate surface area is 325 Å². The number of carbonyl (C=O) groups is 6. The molecule has 0 aliphatic carbocycles. The van der Waals surface area contributed by atoms with Crippen LogP contribution in [0.5, 0.6) is 0 Å². The number of carbonyl (C=O) groups excluding carboxylic acids is 6. The van der Waals surface area contributed by atoms with Gasteiger partial charge in [0, 0.05) is 19.6 Å². The molecule has 21 nitrogen and oxygen atoms in total. The van der Waals surface area contributed by atoms with Gasteiger partial charge in [0.25, 0.3) is 23.6 Å². The average Bonchev–Trinajstić information content (AvgIpc) is 3.95. The maximum Gasteiger partial charge on any atom is 0.442 e. The van der Waals surface area contributed by atoms with Gasteiger partial charge in [0.15, 0.2) is 5.96 Å². The summed E-state index contributed by atoms with van der Waals surface area (Å²) in [5.41, 5.74) is 35.8. The first-order valence-electron chi connectivity index (χ1n) is 17.8. The quantitative estimate of drug-likeness (QED) is 0.0399. The first-order chi connectivity index (χ1) is 27.1. The molecule has 0 radical (unpaired) electrons. The van der Waals surface area contributed by atoms with Gasteiger partial charge in [-0.1, -0.05) is 20.8 Å². The molecule has 0 fully saturated rings. The molecule has 21 heteroatoms. The third kappa shape index (κ3) is 10.4. The van der Waals surface area contributed by atoms with E-state index in [9.17, 15) is 28.8 Å². The van der Waals surface area contributed by atoms with E-state index in [0.717, 1.165) is 33.4 Å². The number of nitrogens with one attached hydrogen (secondary N) is 8. The summed E-state index contributed by atoms with van der Waals surface area (Å²) in [4.78, 5) is 93.6. The summed E-state index contributed by atoms with van der Waals surface area (Å²) in [5, 5.41) is 8.79. The van der Waals surface area contributed by atoms with Crippen molar-refractivity contribution in [3.05, 3.63) is 104 Å². The van der Waals surface area contributed by atoms with Gasteiger partial charge in [-0.3, -0.25) is 36.4 Å². The third-order valence-electron chi connectivity index (χ3n) is 8.80. The number of quaternary nitrogens is 1. The topological polar surface area (TPSA) is 384 Å². The Bertz CT molecular complexity index is 2020. The summed E-state index contributed by atoms with van der Waals surface area (Å²) in [7, 11) is 0. The summed E-state index contributed by atoms with van der Waals surface area (Å²) in [6, 6.07) is 8.57. The zero-order chi connectivity index (χ0) is 42.0. The van der Waals surface area contributed by atoms with Crippen LogP contribution in [0.3, 0.4) is 0 Å². The number of aliphatic imine (C=N–C) groups is 1. The van der Waals surface area contributed by atoms with Gasteiger partial charge in [-0.05, 0) is 89.0 Å². The normalized spacial score (nSPS) is 11.1. The van der Waals surface area contributed by atoms with Gasteiger partial charge in [-0.2, -0.15) is 9.98 Å². The zero-order valence-electron chi connectivity index (χ0n) is 31.7. The summed E-state index contributed by atoms with van der Waals surface area (Å²) in [6.07, 6.45) is 1.53. The predicted octanol–water partition coefficient (Wildman–Crippen LogP) is -5.17. The Morgan fingerprint density at radius 1 is 0.544 bits per heavy atom. The van der Waals surface area contributed by atoms with Crippen molar-refractivity contribution >= 4 is 53.3 Å². The van der Waals surface area contributed by atoms with Crippen molar-refractivity contribution in [1.82, 2.24) is 30.9 Å². The summed E-state index contributed by atoms with van der Waals surface area (Å²) in [5.74, 6) is -4.23. The van der Waals surface area contributed by atoms with Crippen LogP contribution in [0.25, 0.3) is 0 Å². The molecule has 0 aliphatic rings. The van der Waals surface area contributed by atoms with Gasteiger partial charge in [0.2, 0.25) is 0 Å². The minimum atomic E-state index is -0.748. The number of hydrogen-bond donors (Lipinski definition) is 14. The maximum atomic E-state index is 13.4. The number of aromatic nitrogens is 3. The molecule has 0 saturated heterocycles. The Kier molecular flexibility index (Phi) is 13.8. The molecule has 3 aromatic heterocycles. The van der Waals surface area contributed by atoms with Gasteiger partial charge in [0.1, 0.15) is 34.2 Å². The van der Waals surface area contributed by atoms with Crippen LogP contribution in [0.15, 0.2) is 41.4 Å². The van der Waals surface area contributed by atoms with Crippen molar-refractivity contribution in [3.63, 3.8) is 0 Å². The number of amides is 6. The fraction of sp³-hybridized carbons (Fsp3) is 0.250. The number of aromatic amines is 3. The van der Waals surface area contributed by atoms with E-state index in [1.54, 1.807) is 0 Å². The Hall–Kier alpha value is -7.55. The van der Waals surface area contributed by atoms with Crippen molar-refractivity contribution < 1.29 is 44.5 Å². The van der Waals surface area contributed by atoms with Gasteiger partial charge >= 0.3 is 23.7 Å². The Balaban J connectivity index is 1.71. The minimum absolute atomic E-state index is 0.0108. The molecule has 21 N–H and O–H groups in total. The molecule has 0 saturated carbocycles. The molecule has 1 aromatic carbocycles. The smallest absolute Gasteiger partial charge is 0.370 e. The lowest BCUT2D eigenvalue weighted by molar-refractivity contribution is -0.416. The van der Waals surface area contributed by atoms with Crippen molar-refractivity contribution in [1.29, 1.82) is 0 Å². The van der Waals surface area contributed by atoms with Crippen LogP contribution >= 0.6 is 0 Å². The van der Waals surface area contributed by atoms with E-state index in [0.29, 0.717) is 19.3 Å². The van der Waals surface area contributed by atoms with E-state index in [1.165, 1.54) is 36.4 Å². The maximum absolute atomic E-state index is 13.4. The molecule has 4 aromatic rings. The lowest BCUT2D eigenvalue weighted by Gasteiger charge is -2.26. The van der Waals surface area contributed by atoms with E-state index in [4.69, 9.17) is 28.7 Å². The van der Waals surface area contributed by atoms with E-state index in [-0.39, 0.29) is 65.7 Å². The molecule has 57 heavy (non-hydrogen) atoms.